The van der Waals surface area contributed by atoms with E-state index in [0.29, 0.717) is 5.56 Å². The van der Waals surface area contributed by atoms with Crippen molar-refractivity contribution in [1.82, 2.24) is 5.32 Å². The number of carbonyl (C=O) groups excluding carboxylic acids is 2. The van der Waals surface area contributed by atoms with Gasteiger partial charge in [-0.25, -0.2) is 8.42 Å². The maximum absolute atomic E-state index is 13.9. The largest absolute Gasteiger partial charge is 0.350 e. The smallest absolute Gasteiger partial charge is 0.259 e. The molecule has 0 fully saturated rings. The average Bonchev–Trinajstić information content (AvgIpc) is 3.02. The summed E-state index contributed by atoms with van der Waals surface area (Å²) in [5, 5.41) is 3.03. The number of hydrogen-bond donors (Lipinski definition) is 1. The van der Waals surface area contributed by atoms with E-state index in [4.69, 9.17) is 0 Å². The first kappa shape index (κ1) is 27.3. The zero-order chi connectivity index (χ0) is 28.4. The lowest BCUT2D eigenvalue weighted by molar-refractivity contribution is 0.0935. The minimum atomic E-state index is -4.01. The van der Waals surface area contributed by atoms with Crippen molar-refractivity contribution in [3.05, 3.63) is 124 Å². The van der Waals surface area contributed by atoms with Gasteiger partial charge in [0.05, 0.1) is 27.6 Å². The van der Waals surface area contributed by atoms with Gasteiger partial charge in [0.25, 0.3) is 11.8 Å². The van der Waals surface area contributed by atoms with Crippen molar-refractivity contribution in [2.45, 2.75) is 56.0 Å². The number of anilines is 1. The topological polar surface area (TPSA) is 83.6 Å². The molecule has 0 saturated heterocycles. The third-order valence-electron chi connectivity index (χ3n) is 7.37. The van der Waals surface area contributed by atoms with Gasteiger partial charge in [0.1, 0.15) is 0 Å². The van der Waals surface area contributed by atoms with Gasteiger partial charge in [-0.2, -0.15) is 0 Å². The second-order valence-electron chi connectivity index (χ2n) is 10.4. The summed E-state index contributed by atoms with van der Waals surface area (Å²) in [5.41, 5.74) is 4.73. The molecule has 4 aromatic rings. The van der Waals surface area contributed by atoms with E-state index in [1.54, 1.807) is 18.2 Å². The lowest BCUT2D eigenvalue weighted by Gasteiger charge is -2.25. The molecule has 0 spiro atoms. The Kier molecular flexibility index (Phi) is 7.59. The Hall–Kier alpha value is -4.23. The molecular weight excluding hydrogens is 520 g/mol. The van der Waals surface area contributed by atoms with Crippen LogP contribution in [0.5, 0.6) is 0 Å². The maximum Gasteiger partial charge on any atom is 0.259 e. The van der Waals surface area contributed by atoms with E-state index in [9.17, 15) is 18.0 Å². The molecule has 6 nitrogen and oxygen atoms in total. The molecule has 0 bridgehead atoms. The average molecular weight is 553 g/mol. The monoisotopic (exact) mass is 552 g/mol. The normalized spacial score (nSPS) is 14.6. The summed E-state index contributed by atoms with van der Waals surface area (Å²) in [7, 11) is -4.01. The highest BCUT2D eigenvalue weighted by molar-refractivity contribution is 7.91. The summed E-state index contributed by atoms with van der Waals surface area (Å²) in [6.45, 7) is 6.05. The fourth-order valence-corrected chi connectivity index (χ4v) is 6.68. The van der Waals surface area contributed by atoms with Crippen molar-refractivity contribution in [3.8, 4) is 0 Å². The Balaban J connectivity index is 1.52. The van der Waals surface area contributed by atoms with E-state index in [1.807, 2.05) is 57.2 Å². The van der Waals surface area contributed by atoms with E-state index < -0.39 is 15.7 Å². The fraction of sp³-hybridized carbons (Fsp3) is 0.212. The first-order valence-electron chi connectivity index (χ1n) is 13.4. The van der Waals surface area contributed by atoms with Crippen molar-refractivity contribution < 1.29 is 18.0 Å². The van der Waals surface area contributed by atoms with E-state index in [2.05, 4.69) is 17.4 Å². The molecule has 1 atom stereocenters. The zero-order valence-electron chi connectivity index (χ0n) is 22.8. The molecule has 1 aliphatic heterocycles. The number of hydrogen-bond acceptors (Lipinski definition) is 4. The van der Waals surface area contributed by atoms with Crippen LogP contribution >= 0.6 is 0 Å². The molecule has 0 unspecified atom stereocenters. The number of fused-ring (bicyclic) bond motifs is 2. The van der Waals surface area contributed by atoms with Gasteiger partial charge in [-0.1, -0.05) is 66.2 Å². The van der Waals surface area contributed by atoms with Gasteiger partial charge in [0.2, 0.25) is 9.84 Å². The molecule has 204 valence electrons. The lowest BCUT2D eigenvalue weighted by Crippen LogP contribution is -2.34. The van der Waals surface area contributed by atoms with Crippen LogP contribution in [-0.4, -0.2) is 26.3 Å². The number of benzene rings is 4. The third-order valence-corrected chi connectivity index (χ3v) is 9.23. The Morgan fingerprint density at radius 1 is 0.875 bits per heavy atom. The van der Waals surface area contributed by atoms with Crippen molar-refractivity contribution in [2.75, 3.05) is 4.90 Å². The number of rotatable bonds is 7. The Morgan fingerprint density at radius 2 is 1.60 bits per heavy atom. The molecule has 1 aliphatic rings. The van der Waals surface area contributed by atoms with Crippen molar-refractivity contribution in [1.29, 1.82) is 0 Å². The summed E-state index contributed by atoms with van der Waals surface area (Å²) in [5.74, 6) is -0.741. The molecule has 0 aliphatic carbocycles. The predicted molar refractivity (Wildman–Crippen MR) is 156 cm³/mol. The summed E-state index contributed by atoms with van der Waals surface area (Å²) in [6.07, 6.45) is 1.57. The Morgan fingerprint density at radius 3 is 2.38 bits per heavy atom. The van der Waals surface area contributed by atoms with Gasteiger partial charge in [-0.15, -0.1) is 0 Å². The molecule has 1 heterocycles. The zero-order valence-corrected chi connectivity index (χ0v) is 23.7. The molecule has 5 rings (SSSR count). The SMILES string of the molecule is Cc1ccc(C)c(CN2C(=O)c3ccccc3S(=O)(=O)c3ccc(C(=O)N[C@H](C)CCc4ccccc4)cc32)c1. The van der Waals surface area contributed by atoms with E-state index in [1.165, 1.54) is 34.7 Å². The molecule has 0 radical (unpaired) electrons. The standard InChI is InChI=1S/C33H32N2O4S/c1-22-13-14-23(2)27(19-22)21-35-29-20-26(32(36)34-24(3)15-16-25-9-5-4-6-10-25)17-18-31(29)40(38,39)30-12-8-7-11-28(30)33(35)37/h4-14,17-20,24H,15-16,21H2,1-3H3,(H,34,36)/t24-/m1/s1. The second-order valence-corrected chi connectivity index (χ2v) is 12.3. The summed E-state index contributed by atoms with van der Waals surface area (Å²) in [4.78, 5) is 28.7. The van der Waals surface area contributed by atoms with E-state index in [-0.39, 0.29) is 39.5 Å². The second kappa shape index (κ2) is 11.1. The van der Waals surface area contributed by atoms with Crippen molar-refractivity contribution >= 4 is 27.3 Å². The van der Waals surface area contributed by atoms with Crippen molar-refractivity contribution in [3.63, 3.8) is 0 Å². The molecule has 0 saturated carbocycles. The maximum atomic E-state index is 13.9. The summed E-state index contributed by atoms with van der Waals surface area (Å²) >= 11 is 0. The Labute approximate surface area is 235 Å². The van der Waals surface area contributed by atoms with Gasteiger partial charge in [-0.3, -0.25) is 9.59 Å². The van der Waals surface area contributed by atoms with Crippen LogP contribution in [0.25, 0.3) is 0 Å². The Bertz CT molecular complexity index is 1700. The first-order valence-corrected chi connectivity index (χ1v) is 14.8. The molecule has 40 heavy (non-hydrogen) atoms. The van der Waals surface area contributed by atoms with Crippen LogP contribution in [0, 0.1) is 13.8 Å². The number of amides is 2. The highest BCUT2D eigenvalue weighted by Gasteiger charge is 2.36. The number of nitrogens with zero attached hydrogens (tertiary/aromatic N) is 1. The van der Waals surface area contributed by atoms with Crippen molar-refractivity contribution in [2.24, 2.45) is 0 Å². The fourth-order valence-electron chi connectivity index (χ4n) is 5.05. The molecular formula is C33H32N2O4S. The highest BCUT2D eigenvalue weighted by atomic mass is 32.2. The molecule has 2 amide bonds. The first-order chi connectivity index (χ1) is 19.1. The van der Waals surface area contributed by atoms with Crippen LogP contribution in [0.2, 0.25) is 0 Å². The predicted octanol–water partition coefficient (Wildman–Crippen LogP) is 6.05. The van der Waals surface area contributed by atoms with Crippen LogP contribution in [0.15, 0.2) is 101 Å². The van der Waals surface area contributed by atoms with Crippen LogP contribution in [0.4, 0.5) is 5.69 Å². The third kappa shape index (κ3) is 5.42. The molecule has 7 heteroatoms. The molecule has 4 aromatic carbocycles. The molecule has 1 N–H and O–H groups in total. The van der Waals surface area contributed by atoms with E-state index >= 15 is 0 Å². The van der Waals surface area contributed by atoms with Gasteiger partial charge in [0, 0.05) is 11.6 Å². The lowest BCUT2D eigenvalue weighted by atomic mass is 10.0. The van der Waals surface area contributed by atoms with Crippen LogP contribution < -0.4 is 10.2 Å². The van der Waals surface area contributed by atoms with Gasteiger partial charge in [-0.05, 0) is 80.6 Å². The number of sulfone groups is 1. The van der Waals surface area contributed by atoms with Gasteiger partial charge >= 0.3 is 0 Å². The van der Waals surface area contributed by atoms with Crippen LogP contribution in [0.3, 0.4) is 0 Å². The van der Waals surface area contributed by atoms with Crippen LogP contribution in [0.1, 0.15) is 56.3 Å². The van der Waals surface area contributed by atoms with E-state index in [0.717, 1.165) is 29.5 Å². The van der Waals surface area contributed by atoms with Crippen LogP contribution in [-0.2, 0) is 22.8 Å². The summed E-state index contributed by atoms with van der Waals surface area (Å²) in [6, 6.07) is 26.7. The van der Waals surface area contributed by atoms with Gasteiger partial charge in [0.15, 0.2) is 0 Å². The van der Waals surface area contributed by atoms with Gasteiger partial charge < -0.3 is 10.2 Å². The minimum Gasteiger partial charge on any atom is -0.350 e. The summed E-state index contributed by atoms with van der Waals surface area (Å²) < 4.78 is 27.6. The number of aryl methyl sites for hydroxylation is 3. The number of nitrogens with one attached hydrogen (secondary N) is 1. The number of carbonyl (C=O) groups is 2. The quantitative estimate of drug-likeness (QED) is 0.303. The molecule has 0 aromatic heterocycles. The minimum absolute atomic E-state index is 0.00443. The highest BCUT2D eigenvalue weighted by Crippen LogP contribution is 2.38.